The number of hydrogen-bond donors (Lipinski definition) is 1. The van der Waals surface area contributed by atoms with E-state index in [0.29, 0.717) is 0 Å². The zero-order valence-corrected chi connectivity index (χ0v) is 14.9. The van der Waals surface area contributed by atoms with Gasteiger partial charge in [-0.2, -0.15) is 0 Å². The largest absolute Gasteiger partial charge is 0.598 e. The molecule has 1 aromatic heterocycles. The van der Waals surface area contributed by atoms with Gasteiger partial charge in [0.15, 0.2) is 0 Å². The zero-order valence-electron chi connectivity index (χ0n) is 11.7. The van der Waals surface area contributed by atoms with Crippen molar-refractivity contribution in [1.29, 1.82) is 0 Å². The maximum atomic E-state index is 12.4. The molecule has 0 spiro atoms. The Morgan fingerprint density at radius 1 is 1.25 bits per heavy atom. The molecular weight excluding hydrogens is 354 g/mol. The SMILES string of the molecule is CC(C)(C)[S@+]([O-])NC(c1ccccc1)c1cc(Br)cs1. The highest BCUT2D eigenvalue weighted by molar-refractivity contribution is 9.10. The molecule has 1 aromatic carbocycles. The van der Waals surface area contributed by atoms with Gasteiger partial charge in [-0.25, -0.2) is 0 Å². The fourth-order valence-corrected chi connectivity index (χ4v) is 4.13. The third kappa shape index (κ3) is 4.09. The highest BCUT2D eigenvalue weighted by Gasteiger charge is 2.31. The van der Waals surface area contributed by atoms with Crippen LogP contribution in [0.25, 0.3) is 0 Å². The first-order valence-electron chi connectivity index (χ1n) is 6.35. The van der Waals surface area contributed by atoms with Crippen LogP contribution in [0.2, 0.25) is 0 Å². The van der Waals surface area contributed by atoms with Crippen LogP contribution in [0.1, 0.15) is 37.3 Å². The van der Waals surface area contributed by atoms with E-state index in [0.717, 1.165) is 14.9 Å². The maximum Gasteiger partial charge on any atom is 0.136 e. The van der Waals surface area contributed by atoms with E-state index < -0.39 is 11.4 Å². The summed E-state index contributed by atoms with van der Waals surface area (Å²) in [6.45, 7) is 5.92. The Hall–Kier alpha value is -0.330. The van der Waals surface area contributed by atoms with Crippen molar-refractivity contribution in [2.45, 2.75) is 31.6 Å². The smallest absolute Gasteiger partial charge is 0.136 e. The van der Waals surface area contributed by atoms with Gasteiger partial charge in [-0.1, -0.05) is 30.3 Å². The third-order valence-corrected chi connectivity index (χ3v) is 6.11. The minimum Gasteiger partial charge on any atom is -0.598 e. The van der Waals surface area contributed by atoms with Crippen molar-refractivity contribution in [2.75, 3.05) is 0 Å². The second-order valence-electron chi connectivity index (χ2n) is 5.51. The Bertz CT molecular complexity index is 551. The molecule has 0 radical (unpaired) electrons. The predicted octanol–water partition coefficient (Wildman–Crippen LogP) is 4.65. The summed E-state index contributed by atoms with van der Waals surface area (Å²) in [5, 5.41) is 2.05. The Labute approximate surface area is 136 Å². The molecule has 1 heterocycles. The zero-order chi connectivity index (χ0) is 14.8. The number of benzene rings is 1. The van der Waals surface area contributed by atoms with Gasteiger partial charge in [0.05, 0.1) is 0 Å². The van der Waals surface area contributed by atoms with Gasteiger partial charge in [0, 0.05) is 26.1 Å². The molecule has 0 amide bonds. The predicted molar refractivity (Wildman–Crippen MR) is 91.3 cm³/mol. The first-order chi connectivity index (χ1) is 9.38. The summed E-state index contributed by atoms with van der Waals surface area (Å²) in [5.41, 5.74) is 1.12. The number of thiophene rings is 1. The molecule has 108 valence electrons. The maximum absolute atomic E-state index is 12.4. The van der Waals surface area contributed by atoms with Crippen LogP contribution in [0, 0.1) is 0 Å². The van der Waals surface area contributed by atoms with Gasteiger partial charge in [0.1, 0.15) is 10.8 Å². The molecule has 2 nitrogen and oxygen atoms in total. The molecule has 0 fully saturated rings. The number of halogens is 1. The van der Waals surface area contributed by atoms with Gasteiger partial charge < -0.3 is 4.55 Å². The summed E-state index contributed by atoms with van der Waals surface area (Å²) in [6.07, 6.45) is 0. The van der Waals surface area contributed by atoms with Crippen LogP contribution in [-0.2, 0) is 11.4 Å². The lowest BCUT2D eigenvalue weighted by Crippen LogP contribution is -2.41. The van der Waals surface area contributed by atoms with Crippen molar-refractivity contribution in [1.82, 2.24) is 4.72 Å². The van der Waals surface area contributed by atoms with E-state index in [9.17, 15) is 4.55 Å². The minimum absolute atomic E-state index is 0.0486. The van der Waals surface area contributed by atoms with E-state index in [1.54, 1.807) is 11.3 Å². The molecule has 1 N–H and O–H groups in total. The normalized spacial score (nSPS) is 15.1. The van der Waals surface area contributed by atoms with E-state index in [1.165, 1.54) is 0 Å². The fraction of sp³-hybridized carbons (Fsp3) is 0.333. The molecule has 2 rings (SSSR count). The van der Waals surface area contributed by atoms with Gasteiger partial charge in [-0.05, 0) is 48.3 Å². The lowest BCUT2D eigenvalue weighted by molar-refractivity contribution is 0.536. The summed E-state index contributed by atoms with van der Waals surface area (Å²) in [7, 11) is 0. The molecule has 2 atom stereocenters. The molecule has 0 saturated heterocycles. The van der Waals surface area contributed by atoms with Gasteiger partial charge >= 0.3 is 0 Å². The van der Waals surface area contributed by atoms with Crippen molar-refractivity contribution in [3.05, 3.63) is 56.7 Å². The van der Waals surface area contributed by atoms with Crippen molar-refractivity contribution in [3.8, 4) is 0 Å². The van der Waals surface area contributed by atoms with E-state index in [-0.39, 0.29) is 10.8 Å². The van der Waals surface area contributed by atoms with E-state index >= 15 is 0 Å². The Morgan fingerprint density at radius 2 is 1.90 bits per heavy atom. The summed E-state index contributed by atoms with van der Waals surface area (Å²) in [4.78, 5) is 1.15. The lowest BCUT2D eigenvalue weighted by atomic mass is 10.1. The molecule has 0 aliphatic heterocycles. The van der Waals surface area contributed by atoms with Crippen molar-refractivity contribution >= 4 is 38.6 Å². The van der Waals surface area contributed by atoms with Gasteiger partial charge in [-0.15, -0.1) is 16.1 Å². The van der Waals surface area contributed by atoms with Crippen LogP contribution < -0.4 is 4.72 Å². The van der Waals surface area contributed by atoms with Crippen LogP contribution >= 0.6 is 27.3 Å². The molecule has 0 saturated carbocycles. The van der Waals surface area contributed by atoms with Crippen LogP contribution in [0.15, 0.2) is 46.3 Å². The third-order valence-electron chi connectivity index (χ3n) is 2.79. The van der Waals surface area contributed by atoms with Crippen molar-refractivity contribution in [2.24, 2.45) is 0 Å². The molecule has 2 aromatic rings. The first kappa shape index (κ1) is 16.0. The topological polar surface area (TPSA) is 35.1 Å². The molecule has 5 heteroatoms. The molecule has 20 heavy (non-hydrogen) atoms. The van der Waals surface area contributed by atoms with Gasteiger partial charge in [-0.3, -0.25) is 0 Å². The van der Waals surface area contributed by atoms with Crippen molar-refractivity contribution in [3.63, 3.8) is 0 Å². The van der Waals surface area contributed by atoms with E-state index in [1.807, 2.05) is 44.4 Å². The van der Waals surface area contributed by atoms with Crippen LogP contribution in [0.4, 0.5) is 0 Å². The second-order valence-corrected chi connectivity index (χ2v) is 9.37. The quantitative estimate of drug-likeness (QED) is 0.793. The number of nitrogens with one attached hydrogen (secondary N) is 1. The average Bonchev–Trinajstić information content (AvgIpc) is 2.82. The van der Waals surface area contributed by atoms with E-state index in [2.05, 4.69) is 38.9 Å². The van der Waals surface area contributed by atoms with Gasteiger partial charge in [0.2, 0.25) is 0 Å². The second kappa shape index (κ2) is 6.62. The van der Waals surface area contributed by atoms with Gasteiger partial charge in [0.25, 0.3) is 0 Å². The first-order valence-corrected chi connectivity index (χ1v) is 9.17. The highest BCUT2D eigenvalue weighted by atomic mass is 79.9. The summed E-state index contributed by atoms with van der Waals surface area (Å²) in [5.74, 6) is 0. The molecule has 0 bridgehead atoms. The highest BCUT2D eigenvalue weighted by Crippen LogP contribution is 2.31. The van der Waals surface area contributed by atoms with E-state index in [4.69, 9.17) is 0 Å². The summed E-state index contributed by atoms with van der Waals surface area (Å²) in [6, 6.07) is 12.2. The summed E-state index contributed by atoms with van der Waals surface area (Å²) >= 11 is 4.03. The lowest BCUT2D eigenvalue weighted by Gasteiger charge is -2.27. The Kier molecular flexibility index (Phi) is 5.31. The van der Waals surface area contributed by atoms with Crippen molar-refractivity contribution < 1.29 is 4.55 Å². The number of rotatable bonds is 4. The summed E-state index contributed by atoms with van der Waals surface area (Å²) < 4.78 is 16.5. The fourth-order valence-electron chi connectivity index (χ4n) is 1.70. The molecule has 1 unspecified atom stereocenters. The molecule has 0 aliphatic rings. The molecular formula is C15H18BrNOS2. The Balaban J connectivity index is 2.30. The Morgan fingerprint density at radius 3 is 2.40 bits per heavy atom. The average molecular weight is 372 g/mol. The van der Waals surface area contributed by atoms with Crippen LogP contribution in [0.3, 0.4) is 0 Å². The number of hydrogen-bond acceptors (Lipinski definition) is 3. The standard InChI is InChI=1S/C15H18BrNOS2/c1-15(2,3)20(18)17-14(11-7-5-4-6-8-11)13-9-12(16)10-19-13/h4-10,14,17H,1-3H3/t14?,20-/m0/s1. The molecule has 0 aliphatic carbocycles. The monoisotopic (exact) mass is 371 g/mol. The van der Waals surface area contributed by atoms with Crippen LogP contribution in [0.5, 0.6) is 0 Å². The minimum atomic E-state index is -1.12. The van der Waals surface area contributed by atoms with Crippen LogP contribution in [-0.4, -0.2) is 9.30 Å².